The molecule has 3 rings (SSSR count). The first kappa shape index (κ1) is 22.7. The molecule has 30 heavy (non-hydrogen) atoms. The topological polar surface area (TPSA) is 50.3 Å². The highest BCUT2D eigenvalue weighted by Gasteiger charge is 2.41. The third kappa shape index (κ3) is 5.38. The average molecular weight is 451 g/mol. The van der Waals surface area contributed by atoms with Crippen molar-refractivity contribution in [3.05, 3.63) is 64.2 Å². The van der Waals surface area contributed by atoms with Crippen molar-refractivity contribution in [3.63, 3.8) is 0 Å². The molecule has 1 fully saturated rings. The van der Waals surface area contributed by atoms with E-state index in [1.807, 2.05) is 31.2 Å². The number of hydrogen-bond donors (Lipinski definition) is 0. The van der Waals surface area contributed by atoms with Crippen LogP contribution >= 0.6 is 23.2 Å². The van der Waals surface area contributed by atoms with Gasteiger partial charge in [0, 0.05) is 12.7 Å². The van der Waals surface area contributed by atoms with Crippen LogP contribution in [-0.2, 0) is 22.6 Å². The second kappa shape index (κ2) is 9.88. The fourth-order valence-corrected chi connectivity index (χ4v) is 4.36. The highest BCUT2D eigenvalue weighted by Crippen LogP contribution is 2.39. The van der Waals surface area contributed by atoms with E-state index in [2.05, 4.69) is 11.9 Å². The van der Waals surface area contributed by atoms with E-state index >= 15 is 0 Å². The summed E-state index contributed by atoms with van der Waals surface area (Å²) in [7, 11) is 0. The molecular weight excluding hydrogens is 426 g/mol. The number of hydrogen-bond acceptors (Lipinski definition) is 3. The second-order valence-corrected chi connectivity index (χ2v) is 8.85. The van der Waals surface area contributed by atoms with Crippen LogP contribution in [0.15, 0.2) is 36.5 Å². The lowest BCUT2D eigenvalue weighted by atomic mass is 9.70. The van der Waals surface area contributed by atoms with Crippen LogP contribution in [0.5, 0.6) is 0 Å². The predicted molar refractivity (Wildman–Crippen MR) is 116 cm³/mol. The van der Waals surface area contributed by atoms with Gasteiger partial charge in [0.15, 0.2) is 5.78 Å². The van der Waals surface area contributed by atoms with Crippen LogP contribution in [-0.4, -0.2) is 33.5 Å². The molecule has 0 spiro atoms. The molecule has 0 radical (unpaired) electrons. The lowest BCUT2D eigenvalue weighted by molar-refractivity contribution is -0.142. The van der Waals surface area contributed by atoms with Gasteiger partial charge in [0.05, 0.1) is 23.2 Å². The fraction of sp³-hybridized carbons (Fsp3) is 0.435. The highest BCUT2D eigenvalue weighted by molar-refractivity contribution is 6.30. The van der Waals surface area contributed by atoms with E-state index in [0.717, 1.165) is 30.0 Å². The van der Waals surface area contributed by atoms with Crippen molar-refractivity contribution < 1.29 is 14.0 Å². The number of carbonyl (C=O) groups is 2. The van der Waals surface area contributed by atoms with Crippen molar-refractivity contribution in [3.8, 4) is 0 Å². The van der Waals surface area contributed by atoms with Gasteiger partial charge in [-0.05, 0) is 43.2 Å². The van der Waals surface area contributed by atoms with Crippen molar-refractivity contribution in [1.82, 2.24) is 9.88 Å². The summed E-state index contributed by atoms with van der Waals surface area (Å²) >= 11 is 11.7. The molecular formula is C23H25Cl2FN2O2. The number of aromatic nitrogens is 1. The lowest BCUT2D eigenvalue weighted by Gasteiger charge is -2.43. The molecule has 1 heterocycles. The van der Waals surface area contributed by atoms with Crippen molar-refractivity contribution in [2.75, 3.05) is 5.88 Å². The number of carbonyl (C=O) groups excluding carboxylic acids is 2. The van der Waals surface area contributed by atoms with E-state index in [1.54, 1.807) is 4.90 Å². The smallest absolute Gasteiger partial charge is 0.238 e. The quantitative estimate of drug-likeness (QED) is 0.533. The van der Waals surface area contributed by atoms with Gasteiger partial charge >= 0.3 is 0 Å². The number of rotatable bonds is 8. The highest BCUT2D eigenvalue weighted by atomic mass is 35.5. The molecule has 160 valence electrons. The third-order valence-electron chi connectivity index (χ3n) is 5.66. The van der Waals surface area contributed by atoms with Crippen LogP contribution in [0, 0.1) is 24.6 Å². The normalized spacial score (nSPS) is 19.1. The minimum Gasteiger partial charge on any atom is -0.327 e. The number of halogens is 3. The van der Waals surface area contributed by atoms with Crippen molar-refractivity contribution in [2.24, 2.45) is 11.8 Å². The summed E-state index contributed by atoms with van der Waals surface area (Å²) in [6.45, 7) is 4.39. The number of Topliss-reactive ketones (excluding diaryl/α,β-unsaturated/α-hetero) is 1. The first-order valence-electron chi connectivity index (χ1n) is 10.0. The molecule has 1 atom stereocenters. The monoisotopic (exact) mass is 450 g/mol. The first-order valence-corrected chi connectivity index (χ1v) is 10.9. The van der Waals surface area contributed by atoms with Crippen LogP contribution in [0.2, 0.25) is 5.02 Å². The minimum atomic E-state index is -0.661. The molecule has 1 unspecified atom stereocenters. The van der Waals surface area contributed by atoms with Crippen molar-refractivity contribution in [1.29, 1.82) is 0 Å². The second-order valence-electron chi connectivity index (χ2n) is 8.15. The standard InChI is InChI=1S/C23H25Cl2FN2O2/c1-14-3-5-16(6-4-14)13-28(22(30)11-24)23(17-7-15(2)8-17)21(29)10-20-19(26)9-18(25)12-27-20/h3-6,9,12,15,17,23H,7-8,10-11,13H2,1-2H3. The minimum absolute atomic E-state index is 0.0282. The van der Waals surface area contributed by atoms with Crippen LogP contribution in [0.1, 0.15) is 36.6 Å². The molecule has 0 saturated heterocycles. The largest absolute Gasteiger partial charge is 0.327 e. The Kier molecular flexibility index (Phi) is 7.48. The SMILES string of the molecule is Cc1ccc(CN(C(=O)CCl)C(C(=O)Cc2ncc(Cl)cc2F)C2CC(C)C2)cc1. The van der Waals surface area contributed by atoms with Crippen LogP contribution in [0.3, 0.4) is 0 Å². The number of alkyl halides is 1. The number of aryl methyl sites for hydroxylation is 1. The van der Waals surface area contributed by atoms with Crippen molar-refractivity contribution in [2.45, 2.75) is 45.7 Å². The molecule has 7 heteroatoms. The Labute approximate surface area is 186 Å². The Morgan fingerprint density at radius 1 is 1.27 bits per heavy atom. The molecule has 1 saturated carbocycles. The lowest BCUT2D eigenvalue weighted by Crippen LogP contribution is -2.53. The molecule has 1 aromatic heterocycles. The predicted octanol–water partition coefficient (Wildman–Crippen LogP) is 4.98. The molecule has 4 nitrogen and oxygen atoms in total. The van der Waals surface area contributed by atoms with Crippen LogP contribution in [0.25, 0.3) is 0 Å². The zero-order valence-corrected chi connectivity index (χ0v) is 18.6. The fourth-order valence-electron chi connectivity index (χ4n) is 4.06. The average Bonchev–Trinajstić information content (AvgIpc) is 2.69. The van der Waals surface area contributed by atoms with Gasteiger partial charge in [0.25, 0.3) is 0 Å². The number of ketones is 1. The Balaban J connectivity index is 1.89. The number of pyridine rings is 1. The maximum absolute atomic E-state index is 14.2. The molecule has 0 N–H and O–H groups in total. The summed E-state index contributed by atoms with van der Waals surface area (Å²) in [5.74, 6) is -0.856. The Morgan fingerprint density at radius 2 is 1.93 bits per heavy atom. The van der Waals surface area contributed by atoms with Gasteiger partial charge in [-0.3, -0.25) is 14.6 Å². The van der Waals surface area contributed by atoms with Gasteiger partial charge in [0.2, 0.25) is 5.91 Å². The Bertz CT molecular complexity index is 914. The van der Waals surface area contributed by atoms with E-state index in [1.165, 1.54) is 6.20 Å². The maximum atomic E-state index is 14.2. The molecule has 0 aliphatic heterocycles. The number of benzene rings is 1. The number of nitrogens with zero attached hydrogens (tertiary/aromatic N) is 2. The first-order chi connectivity index (χ1) is 14.3. The maximum Gasteiger partial charge on any atom is 0.238 e. The summed E-state index contributed by atoms with van der Waals surface area (Å²) in [5, 5.41) is 0.173. The Hall–Kier alpha value is -1.98. The third-order valence-corrected chi connectivity index (χ3v) is 6.09. The zero-order valence-electron chi connectivity index (χ0n) is 17.1. The van der Waals surface area contributed by atoms with Gasteiger partial charge in [-0.25, -0.2) is 4.39 Å². The van der Waals surface area contributed by atoms with Crippen molar-refractivity contribution >= 4 is 34.9 Å². The summed E-state index contributed by atoms with van der Waals surface area (Å²) in [6.07, 6.45) is 2.81. The molecule has 1 aromatic carbocycles. The molecule has 0 bridgehead atoms. The number of amides is 1. The summed E-state index contributed by atoms with van der Waals surface area (Å²) in [6, 6.07) is 8.29. The molecule has 2 aromatic rings. The molecule has 1 aliphatic carbocycles. The van der Waals surface area contributed by atoms with Gasteiger partial charge < -0.3 is 4.90 Å². The van der Waals surface area contributed by atoms with E-state index in [0.29, 0.717) is 5.92 Å². The summed E-state index contributed by atoms with van der Waals surface area (Å²) in [4.78, 5) is 31.6. The zero-order chi connectivity index (χ0) is 21.8. The summed E-state index contributed by atoms with van der Waals surface area (Å²) < 4.78 is 14.2. The van der Waals surface area contributed by atoms with Gasteiger partial charge in [0.1, 0.15) is 11.7 Å². The van der Waals surface area contributed by atoms with Gasteiger partial charge in [-0.15, -0.1) is 11.6 Å². The van der Waals surface area contributed by atoms with Crippen LogP contribution < -0.4 is 0 Å². The van der Waals surface area contributed by atoms with Gasteiger partial charge in [-0.2, -0.15) is 0 Å². The Morgan fingerprint density at radius 3 is 2.50 bits per heavy atom. The van der Waals surface area contributed by atoms with E-state index < -0.39 is 11.9 Å². The van der Waals surface area contributed by atoms with E-state index in [-0.39, 0.29) is 47.2 Å². The molecule has 1 amide bonds. The van der Waals surface area contributed by atoms with Crippen LogP contribution in [0.4, 0.5) is 4.39 Å². The van der Waals surface area contributed by atoms with E-state index in [4.69, 9.17) is 23.2 Å². The van der Waals surface area contributed by atoms with E-state index in [9.17, 15) is 14.0 Å². The molecule has 1 aliphatic rings. The summed E-state index contributed by atoms with van der Waals surface area (Å²) in [5.41, 5.74) is 2.06. The van der Waals surface area contributed by atoms with Gasteiger partial charge in [-0.1, -0.05) is 48.4 Å².